The summed E-state index contributed by atoms with van der Waals surface area (Å²) in [5, 5.41) is 0. The van der Waals surface area contributed by atoms with Crippen molar-refractivity contribution in [1.29, 1.82) is 0 Å². The van der Waals surface area contributed by atoms with Crippen LogP contribution in [0.2, 0.25) is 0 Å². The lowest BCUT2D eigenvalue weighted by Crippen LogP contribution is -2.58. The van der Waals surface area contributed by atoms with Gasteiger partial charge in [-0.05, 0) is 105 Å². The van der Waals surface area contributed by atoms with Crippen LogP contribution in [-0.2, 0) is 4.79 Å². The molecule has 0 N–H and O–H groups in total. The molecule has 1 nitrogen and oxygen atoms in total. The lowest BCUT2D eigenvalue weighted by molar-refractivity contribution is -0.163. The molecule has 114 valence electrons. The van der Waals surface area contributed by atoms with Gasteiger partial charge in [-0.3, -0.25) is 4.79 Å². The van der Waals surface area contributed by atoms with Gasteiger partial charge in [0.1, 0.15) is 5.78 Å². The molecule has 0 radical (unpaired) electrons. The fourth-order valence-corrected chi connectivity index (χ4v) is 8.86. The first kappa shape index (κ1) is 12.1. The molecule has 0 aliphatic heterocycles. The van der Waals surface area contributed by atoms with Gasteiger partial charge in [0.25, 0.3) is 0 Å². The molecule has 1 heteroatoms. The topological polar surface area (TPSA) is 17.1 Å². The van der Waals surface area contributed by atoms with Crippen LogP contribution in [-0.4, -0.2) is 5.78 Å². The summed E-state index contributed by atoms with van der Waals surface area (Å²) < 4.78 is 0. The van der Waals surface area contributed by atoms with Crippen LogP contribution in [0.15, 0.2) is 0 Å². The number of carbonyl (C=O) groups is 1. The summed E-state index contributed by atoms with van der Waals surface area (Å²) in [7, 11) is 0. The van der Waals surface area contributed by atoms with Crippen LogP contribution in [0, 0.1) is 59.2 Å². The quantitative estimate of drug-likeness (QED) is 0.701. The summed E-state index contributed by atoms with van der Waals surface area (Å²) in [5.74, 6) is 9.64. The molecule has 0 spiro atoms. The van der Waals surface area contributed by atoms with Gasteiger partial charge < -0.3 is 0 Å². The van der Waals surface area contributed by atoms with Crippen LogP contribution < -0.4 is 0 Å². The molecule has 8 rings (SSSR count). The molecule has 8 bridgehead atoms. The van der Waals surface area contributed by atoms with Crippen molar-refractivity contribution in [3.05, 3.63) is 0 Å². The second-order valence-corrected chi connectivity index (χ2v) is 9.86. The van der Waals surface area contributed by atoms with Crippen LogP contribution in [0.5, 0.6) is 0 Å². The Labute approximate surface area is 128 Å². The van der Waals surface area contributed by atoms with Crippen LogP contribution in [0.1, 0.15) is 57.8 Å². The number of hydrogen-bond acceptors (Lipinski definition) is 1. The zero-order valence-electron chi connectivity index (χ0n) is 13.0. The Hall–Kier alpha value is -0.330. The van der Waals surface area contributed by atoms with Crippen molar-refractivity contribution in [2.45, 2.75) is 57.8 Å². The largest absolute Gasteiger partial charge is 0.299 e. The molecule has 0 amide bonds. The highest BCUT2D eigenvalue weighted by Gasteiger charge is 2.59. The Balaban J connectivity index is 1.37. The third kappa shape index (κ3) is 1.51. The molecule has 21 heavy (non-hydrogen) atoms. The number of rotatable bonds is 1. The summed E-state index contributed by atoms with van der Waals surface area (Å²) in [6, 6.07) is 0. The highest BCUT2D eigenvalue weighted by atomic mass is 16.1. The third-order valence-electron chi connectivity index (χ3n) is 8.95. The Morgan fingerprint density at radius 2 is 1.14 bits per heavy atom. The first-order chi connectivity index (χ1) is 10.3. The van der Waals surface area contributed by atoms with E-state index >= 15 is 0 Å². The van der Waals surface area contributed by atoms with E-state index < -0.39 is 0 Å². The lowest BCUT2D eigenvalue weighted by Gasteiger charge is -2.62. The average molecular weight is 284 g/mol. The molecule has 8 saturated carbocycles. The standard InChI is InChI=1S/C20H28O/c21-20-16-7-12-6-15(9-16)19(17(20)8-12)18-13-2-10-1-11(4-13)5-14(18)3-10/h10-19H,1-9H2/t10?,11?,12-,13?,14?,15-,16+,17+,18?,19?/m1/s1. The normalized spacial score (nSPS) is 63.5. The van der Waals surface area contributed by atoms with Crippen molar-refractivity contribution in [3.63, 3.8) is 0 Å². The smallest absolute Gasteiger partial charge is 0.139 e. The Morgan fingerprint density at radius 1 is 0.571 bits per heavy atom. The van der Waals surface area contributed by atoms with Gasteiger partial charge in [-0.2, -0.15) is 0 Å². The predicted octanol–water partition coefficient (Wildman–Crippen LogP) is 4.31. The van der Waals surface area contributed by atoms with Gasteiger partial charge in [0, 0.05) is 11.8 Å². The Morgan fingerprint density at radius 3 is 1.81 bits per heavy atom. The minimum atomic E-state index is 0.501. The molecule has 8 aliphatic carbocycles. The van der Waals surface area contributed by atoms with Crippen molar-refractivity contribution >= 4 is 5.78 Å². The second-order valence-electron chi connectivity index (χ2n) is 9.86. The van der Waals surface area contributed by atoms with Gasteiger partial charge in [-0.25, -0.2) is 0 Å². The summed E-state index contributed by atoms with van der Waals surface area (Å²) in [6.07, 6.45) is 13.0. The highest BCUT2D eigenvalue weighted by Crippen LogP contribution is 2.65. The van der Waals surface area contributed by atoms with E-state index in [9.17, 15) is 4.79 Å². The number of carbonyl (C=O) groups excluding carboxylic acids is 1. The molecule has 5 atom stereocenters. The molecular weight excluding hydrogens is 256 g/mol. The van der Waals surface area contributed by atoms with E-state index in [-0.39, 0.29) is 0 Å². The molecule has 0 aromatic rings. The summed E-state index contributed by atoms with van der Waals surface area (Å²) >= 11 is 0. The van der Waals surface area contributed by atoms with Gasteiger partial charge in [-0.15, -0.1) is 0 Å². The van der Waals surface area contributed by atoms with E-state index in [0.717, 1.165) is 53.1 Å². The fourth-order valence-electron chi connectivity index (χ4n) is 8.86. The minimum absolute atomic E-state index is 0.501. The van der Waals surface area contributed by atoms with Crippen molar-refractivity contribution in [2.24, 2.45) is 59.2 Å². The Kier molecular flexibility index (Phi) is 2.28. The van der Waals surface area contributed by atoms with E-state index in [0.29, 0.717) is 11.8 Å². The van der Waals surface area contributed by atoms with Gasteiger partial charge in [-0.1, -0.05) is 0 Å². The maximum Gasteiger partial charge on any atom is 0.139 e. The number of ketones is 1. The molecule has 0 aromatic heterocycles. The SMILES string of the molecule is O=C1[C@H]2C[C@H]3C[C@H](C2)C(C2C4CC5CC(C4)CC2C5)[C@@H]1C3. The first-order valence-corrected chi connectivity index (χ1v) is 9.80. The van der Waals surface area contributed by atoms with Crippen molar-refractivity contribution in [1.82, 2.24) is 0 Å². The predicted molar refractivity (Wildman–Crippen MR) is 81.5 cm³/mol. The molecule has 0 heterocycles. The maximum atomic E-state index is 12.8. The second kappa shape index (κ2) is 3.95. The Bertz CT molecular complexity index is 466. The maximum absolute atomic E-state index is 12.8. The summed E-state index contributed by atoms with van der Waals surface area (Å²) in [5.41, 5.74) is 0. The van der Waals surface area contributed by atoms with E-state index in [2.05, 4.69) is 0 Å². The van der Waals surface area contributed by atoms with Crippen LogP contribution in [0.25, 0.3) is 0 Å². The van der Waals surface area contributed by atoms with E-state index in [1.807, 2.05) is 0 Å². The first-order valence-electron chi connectivity index (χ1n) is 9.80. The molecule has 0 aromatic carbocycles. The van der Waals surface area contributed by atoms with Crippen LogP contribution in [0.3, 0.4) is 0 Å². The van der Waals surface area contributed by atoms with Gasteiger partial charge in [0.05, 0.1) is 0 Å². The fraction of sp³-hybridized carbons (Fsp3) is 0.950. The molecule has 8 aliphatic rings. The lowest BCUT2D eigenvalue weighted by atomic mass is 9.42. The third-order valence-corrected chi connectivity index (χ3v) is 8.95. The molecule has 8 fully saturated rings. The van der Waals surface area contributed by atoms with Crippen molar-refractivity contribution < 1.29 is 4.79 Å². The van der Waals surface area contributed by atoms with Gasteiger partial charge in [0.2, 0.25) is 0 Å². The van der Waals surface area contributed by atoms with Gasteiger partial charge in [0.15, 0.2) is 0 Å². The van der Waals surface area contributed by atoms with Crippen LogP contribution in [0.4, 0.5) is 0 Å². The number of Topliss-reactive ketones (excluding diaryl/α,β-unsaturated/α-hetero) is 1. The average Bonchev–Trinajstić information content (AvgIpc) is 2.45. The highest BCUT2D eigenvalue weighted by molar-refractivity contribution is 5.85. The van der Waals surface area contributed by atoms with Crippen molar-refractivity contribution in [3.8, 4) is 0 Å². The minimum Gasteiger partial charge on any atom is -0.299 e. The van der Waals surface area contributed by atoms with E-state index in [1.165, 1.54) is 51.4 Å². The summed E-state index contributed by atoms with van der Waals surface area (Å²) in [4.78, 5) is 12.8. The molecule has 0 saturated heterocycles. The van der Waals surface area contributed by atoms with E-state index in [4.69, 9.17) is 0 Å². The monoisotopic (exact) mass is 284 g/mol. The molecule has 1 unspecified atom stereocenters. The number of hydrogen-bond donors (Lipinski definition) is 0. The van der Waals surface area contributed by atoms with E-state index in [1.54, 1.807) is 6.42 Å². The molecular formula is C20H28O. The summed E-state index contributed by atoms with van der Waals surface area (Å²) in [6.45, 7) is 0. The zero-order valence-corrected chi connectivity index (χ0v) is 13.0. The van der Waals surface area contributed by atoms with Crippen molar-refractivity contribution in [2.75, 3.05) is 0 Å². The van der Waals surface area contributed by atoms with Crippen LogP contribution >= 0.6 is 0 Å². The van der Waals surface area contributed by atoms with Gasteiger partial charge >= 0.3 is 0 Å². The zero-order chi connectivity index (χ0) is 13.7. The number of fused-ring (bicyclic) bond motifs is 1.